The zero-order valence-corrected chi connectivity index (χ0v) is 17.1. The molecule has 3 aromatic rings. The number of nitrogens with one attached hydrogen (secondary N) is 3. The number of fused-ring (bicyclic) bond motifs is 1. The second kappa shape index (κ2) is 8.97. The molecule has 7 heteroatoms. The molecule has 1 saturated heterocycles. The Morgan fingerprint density at radius 2 is 2.07 bits per heavy atom. The maximum absolute atomic E-state index is 12.5. The highest BCUT2D eigenvalue weighted by Crippen LogP contribution is 2.31. The fourth-order valence-corrected chi connectivity index (χ4v) is 4.10. The first-order valence-electron chi connectivity index (χ1n) is 10.4. The van der Waals surface area contributed by atoms with E-state index in [1.165, 1.54) is 0 Å². The Morgan fingerprint density at radius 1 is 1.27 bits per heavy atom. The van der Waals surface area contributed by atoms with Gasteiger partial charge in [0, 0.05) is 18.3 Å². The van der Waals surface area contributed by atoms with Gasteiger partial charge in [0.15, 0.2) is 0 Å². The molecular weight excluding hydrogens is 376 g/mol. The van der Waals surface area contributed by atoms with Gasteiger partial charge in [-0.2, -0.15) is 5.26 Å². The van der Waals surface area contributed by atoms with Crippen molar-refractivity contribution in [1.82, 2.24) is 20.2 Å². The molecule has 0 aliphatic carbocycles. The van der Waals surface area contributed by atoms with Gasteiger partial charge in [-0.05, 0) is 62.2 Å². The Bertz CT molecular complexity index is 1020. The zero-order chi connectivity index (χ0) is 20.9. The Labute approximate surface area is 176 Å². The first-order chi connectivity index (χ1) is 14.7. The van der Waals surface area contributed by atoms with E-state index >= 15 is 0 Å². The Kier molecular flexibility index (Phi) is 5.96. The van der Waals surface area contributed by atoms with Gasteiger partial charge in [-0.1, -0.05) is 19.1 Å². The highest BCUT2D eigenvalue weighted by molar-refractivity contribution is 5.89. The summed E-state index contributed by atoms with van der Waals surface area (Å²) < 4.78 is 0. The van der Waals surface area contributed by atoms with E-state index in [2.05, 4.69) is 33.5 Å². The van der Waals surface area contributed by atoms with E-state index in [1.807, 2.05) is 24.3 Å². The number of carbonyl (C=O) groups is 1. The molecule has 1 fully saturated rings. The molecule has 7 nitrogen and oxygen atoms in total. The molecule has 0 saturated carbocycles. The number of hydrogen-bond acceptors (Lipinski definition) is 4. The molecule has 30 heavy (non-hydrogen) atoms. The number of imidazole rings is 1. The number of rotatable bonds is 5. The van der Waals surface area contributed by atoms with Gasteiger partial charge in [0.05, 0.1) is 28.7 Å². The van der Waals surface area contributed by atoms with Crippen molar-refractivity contribution in [1.29, 1.82) is 5.26 Å². The molecule has 0 radical (unpaired) electrons. The van der Waals surface area contributed by atoms with Crippen LogP contribution in [0.5, 0.6) is 0 Å². The summed E-state index contributed by atoms with van der Waals surface area (Å²) in [4.78, 5) is 23.2. The number of para-hydroxylation sites is 2. The second-order valence-corrected chi connectivity index (χ2v) is 7.70. The monoisotopic (exact) mass is 402 g/mol. The minimum Gasteiger partial charge on any atom is -0.341 e. The lowest BCUT2D eigenvalue weighted by molar-refractivity contribution is 0.122. The molecule has 2 amide bonds. The minimum absolute atomic E-state index is 0.0645. The van der Waals surface area contributed by atoms with Gasteiger partial charge in [0.1, 0.15) is 5.82 Å². The van der Waals surface area contributed by atoms with Gasteiger partial charge >= 0.3 is 6.03 Å². The molecule has 0 bridgehead atoms. The molecule has 0 spiro atoms. The van der Waals surface area contributed by atoms with Crippen LogP contribution < -0.4 is 10.6 Å². The normalized spacial score (nSPS) is 19.3. The molecule has 2 atom stereocenters. The summed E-state index contributed by atoms with van der Waals surface area (Å²) in [5.41, 5.74) is 3.25. The Morgan fingerprint density at radius 3 is 2.80 bits per heavy atom. The first-order valence-corrected chi connectivity index (χ1v) is 10.4. The van der Waals surface area contributed by atoms with Crippen LogP contribution in [0.1, 0.15) is 43.6 Å². The average Bonchev–Trinajstić information content (AvgIpc) is 3.19. The molecule has 2 aromatic carbocycles. The predicted molar refractivity (Wildman–Crippen MR) is 117 cm³/mol. The number of piperidine rings is 1. The van der Waals surface area contributed by atoms with Crippen molar-refractivity contribution in [2.24, 2.45) is 0 Å². The van der Waals surface area contributed by atoms with Crippen molar-refractivity contribution in [3.8, 4) is 6.07 Å². The highest BCUT2D eigenvalue weighted by atomic mass is 16.2. The maximum Gasteiger partial charge on any atom is 0.319 e. The van der Waals surface area contributed by atoms with Crippen LogP contribution in [0.2, 0.25) is 0 Å². The van der Waals surface area contributed by atoms with Crippen molar-refractivity contribution in [3.63, 3.8) is 0 Å². The van der Waals surface area contributed by atoms with Crippen molar-refractivity contribution < 1.29 is 4.79 Å². The number of H-pyrrole nitrogens is 1. The number of amides is 2. The van der Waals surface area contributed by atoms with Crippen LogP contribution in [0.15, 0.2) is 48.5 Å². The van der Waals surface area contributed by atoms with Crippen LogP contribution in [-0.2, 0) is 0 Å². The summed E-state index contributed by atoms with van der Waals surface area (Å²) in [5, 5.41) is 14.9. The molecule has 1 aromatic heterocycles. The summed E-state index contributed by atoms with van der Waals surface area (Å²) >= 11 is 0. The number of benzene rings is 2. The fourth-order valence-electron chi connectivity index (χ4n) is 4.10. The molecule has 4 rings (SSSR count). The lowest BCUT2D eigenvalue weighted by atomic mass is 9.96. The number of likely N-dealkylation sites (tertiary alicyclic amines) is 1. The maximum atomic E-state index is 12.5. The molecular formula is C23H26N6O. The largest absolute Gasteiger partial charge is 0.341 e. The minimum atomic E-state index is -0.225. The van der Waals surface area contributed by atoms with E-state index in [1.54, 1.807) is 24.3 Å². The van der Waals surface area contributed by atoms with Crippen LogP contribution in [0.3, 0.4) is 0 Å². The van der Waals surface area contributed by atoms with E-state index in [4.69, 9.17) is 10.2 Å². The van der Waals surface area contributed by atoms with E-state index in [0.29, 0.717) is 11.3 Å². The van der Waals surface area contributed by atoms with Crippen molar-refractivity contribution in [3.05, 3.63) is 59.9 Å². The second-order valence-electron chi connectivity index (χ2n) is 7.70. The summed E-state index contributed by atoms with van der Waals surface area (Å²) in [6.45, 7) is 4.11. The van der Waals surface area contributed by atoms with Gasteiger partial charge in [-0.25, -0.2) is 9.78 Å². The number of hydrogen-bond donors (Lipinski definition) is 3. The lowest BCUT2D eigenvalue weighted by Gasteiger charge is -2.38. The van der Waals surface area contributed by atoms with Crippen LogP contribution in [0.4, 0.5) is 10.5 Å². The lowest BCUT2D eigenvalue weighted by Crippen LogP contribution is -2.47. The molecule has 154 valence electrons. The van der Waals surface area contributed by atoms with Gasteiger partial charge in [-0.3, -0.25) is 4.90 Å². The SMILES string of the molecule is CCCN1CC[C@@H](NC(=O)Nc2ccc(C#N)cc2)C[C@@H]1c1nc2ccccc2[nH]1. The molecule has 2 heterocycles. The third-order valence-corrected chi connectivity index (χ3v) is 5.55. The van der Waals surface area contributed by atoms with Crippen molar-refractivity contribution >= 4 is 22.8 Å². The highest BCUT2D eigenvalue weighted by Gasteiger charge is 2.32. The summed E-state index contributed by atoms with van der Waals surface area (Å²) in [7, 11) is 0. The molecule has 0 unspecified atom stereocenters. The fraction of sp³-hybridized carbons (Fsp3) is 0.348. The van der Waals surface area contributed by atoms with E-state index in [-0.39, 0.29) is 18.1 Å². The van der Waals surface area contributed by atoms with Crippen LogP contribution in [0.25, 0.3) is 11.0 Å². The Hall–Kier alpha value is -3.37. The first kappa shape index (κ1) is 19.9. The van der Waals surface area contributed by atoms with Crippen molar-refractivity contribution in [2.75, 3.05) is 18.4 Å². The van der Waals surface area contributed by atoms with Gasteiger partial charge in [0.25, 0.3) is 0 Å². The third kappa shape index (κ3) is 4.44. The van der Waals surface area contributed by atoms with Gasteiger partial charge in [-0.15, -0.1) is 0 Å². The zero-order valence-electron chi connectivity index (χ0n) is 17.1. The quantitative estimate of drug-likeness (QED) is 0.597. The number of urea groups is 1. The summed E-state index contributed by atoms with van der Waals surface area (Å²) in [6.07, 6.45) is 2.78. The number of aromatic amines is 1. The summed E-state index contributed by atoms with van der Waals surface area (Å²) in [5.74, 6) is 0.962. The summed E-state index contributed by atoms with van der Waals surface area (Å²) in [6, 6.07) is 17.0. The van der Waals surface area contributed by atoms with Crippen molar-refractivity contribution in [2.45, 2.75) is 38.3 Å². The van der Waals surface area contributed by atoms with Crippen LogP contribution >= 0.6 is 0 Å². The molecule has 1 aliphatic heterocycles. The Balaban J connectivity index is 1.44. The standard InChI is InChI=1S/C23H26N6O/c1-2-12-29-13-11-18(26-23(30)25-17-9-7-16(15-24)8-10-17)14-21(29)22-27-19-5-3-4-6-20(19)28-22/h3-10,18,21H,2,11-14H2,1H3,(H,27,28)(H2,25,26,30)/t18-,21-/m1/s1. The predicted octanol–water partition coefficient (Wildman–Crippen LogP) is 4.17. The third-order valence-electron chi connectivity index (χ3n) is 5.55. The van der Waals surface area contributed by atoms with E-state index in [0.717, 1.165) is 49.2 Å². The number of anilines is 1. The van der Waals surface area contributed by atoms with E-state index in [9.17, 15) is 4.79 Å². The number of nitriles is 1. The van der Waals surface area contributed by atoms with Crippen LogP contribution in [0, 0.1) is 11.3 Å². The topological polar surface area (TPSA) is 96.8 Å². The smallest absolute Gasteiger partial charge is 0.319 e. The van der Waals surface area contributed by atoms with Gasteiger partial charge in [0.2, 0.25) is 0 Å². The molecule has 3 N–H and O–H groups in total. The number of aromatic nitrogens is 2. The van der Waals surface area contributed by atoms with E-state index < -0.39 is 0 Å². The van der Waals surface area contributed by atoms with Crippen LogP contribution in [-0.4, -0.2) is 40.0 Å². The number of nitrogens with zero attached hydrogens (tertiary/aromatic N) is 3. The average molecular weight is 403 g/mol. The van der Waals surface area contributed by atoms with Gasteiger partial charge < -0.3 is 15.6 Å². The number of carbonyl (C=O) groups excluding carboxylic acids is 1. The molecule has 1 aliphatic rings.